The highest BCUT2D eigenvalue weighted by Gasteiger charge is 2.41. The van der Waals surface area contributed by atoms with E-state index in [0.29, 0.717) is 18.9 Å². The molecule has 23 heavy (non-hydrogen) atoms. The Morgan fingerprint density at radius 2 is 2.17 bits per heavy atom. The summed E-state index contributed by atoms with van der Waals surface area (Å²) in [6.07, 6.45) is 2.38. The van der Waals surface area contributed by atoms with Gasteiger partial charge in [0.2, 0.25) is 0 Å². The highest BCUT2D eigenvalue weighted by molar-refractivity contribution is 5.90. The number of nitrogens with zero attached hydrogens (tertiary/aromatic N) is 3. The summed E-state index contributed by atoms with van der Waals surface area (Å²) in [5.74, 6) is -1.12. The molecule has 3 rings (SSSR count). The van der Waals surface area contributed by atoms with Gasteiger partial charge in [-0.2, -0.15) is 9.89 Å². The molecule has 122 valence electrons. The lowest BCUT2D eigenvalue weighted by Gasteiger charge is -2.36. The van der Waals surface area contributed by atoms with Gasteiger partial charge in [-0.3, -0.25) is 4.79 Å². The van der Waals surface area contributed by atoms with Crippen molar-refractivity contribution >= 4 is 5.97 Å². The highest BCUT2D eigenvalue weighted by Crippen LogP contribution is 2.33. The predicted octanol–water partition coefficient (Wildman–Crippen LogP) is 0.960. The van der Waals surface area contributed by atoms with Gasteiger partial charge in [0.25, 0.3) is 5.56 Å². The average Bonchev–Trinajstić information content (AvgIpc) is 2.93. The molecule has 1 saturated heterocycles. The van der Waals surface area contributed by atoms with Gasteiger partial charge in [-0.25, -0.2) is 13.9 Å². The van der Waals surface area contributed by atoms with Crippen molar-refractivity contribution in [1.29, 1.82) is 0 Å². The van der Waals surface area contributed by atoms with Crippen LogP contribution in [0.25, 0.3) is 0 Å². The summed E-state index contributed by atoms with van der Waals surface area (Å²) in [5, 5.41) is 4.31. The van der Waals surface area contributed by atoms with Crippen molar-refractivity contribution in [2.75, 3.05) is 19.8 Å². The van der Waals surface area contributed by atoms with Crippen LogP contribution in [0.5, 0.6) is 0 Å². The first-order valence-electron chi connectivity index (χ1n) is 7.18. The zero-order chi connectivity index (χ0) is 16.6. The zero-order valence-corrected chi connectivity index (χ0v) is 12.8. The minimum atomic E-state index is -0.586. The third-order valence-corrected chi connectivity index (χ3v) is 3.69. The summed E-state index contributed by atoms with van der Waals surface area (Å²) in [5.41, 5.74) is -0.192. The summed E-state index contributed by atoms with van der Waals surface area (Å²) in [6.45, 7) is 4.65. The van der Waals surface area contributed by atoms with Gasteiger partial charge < -0.3 is 9.47 Å². The van der Waals surface area contributed by atoms with E-state index in [9.17, 15) is 14.0 Å². The fourth-order valence-corrected chi connectivity index (χ4v) is 2.43. The molecule has 0 bridgehead atoms. The van der Waals surface area contributed by atoms with E-state index in [2.05, 4.69) is 5.10 Å². The van der Waals surface area contributed by atoms with Crippen molar-refractivity contribution in [3.05, 3.63) is 52.0 Å². The molecule has 1 aliphatic heterocycles. The molecule has 0 amide bonds. The number of carbonyl (C=O) groups is 1. The molecule has 1 fully saturated rings. The highest BCUT2D eigenvalue weighted by atomic mass is 19.1. The van der Waals surface area contributed by atoms with E-state index in [4.69, 9.17) is 9.47 Å². The van der Waals surface area contributed by atoms with Crippen LogP contribution in [0.4, 0.5) is 4.39 Å². The smallest absolute Gasteiger partial charge is 0.341 e. The molecular weight excluding hydrogens is 305 g/mol. The van der Waals surface area contributed by atoms with Crippen molar-refractivity contribution in [2.24, 2.45) is 0 Å². The van der Waals surface area contributed by atoms with Gasteiger partial charge in [0, 0.05) is 6.07 Å². The Balaban J connectivity index is 2.13. The fourth-order valence-electron chi connectivity index (χ4n) is 2.43. The van der Waals surface area contributed by atoms with E-state index >= 15 is 0 Å². The molecule has 0 radical (unpaired) electrons. The molecule has 0 atom stereocenters. The summed E-state index contributed by atoms with van der Waals surface area (Å²) in [4.78, 5) is 25.2. The first kappa shape index (κ1) is 15.4. The molecule has 0 N–H and O–H groups in total. The fraction of sp³-hybridized carbons (Fsp3) is 0.400. The van der Waals surface area contributed by atoms with Crippen molar-refractivity contribution in [3.8, 4) is 0 Å². The van der Waals surface area contributed by atoms with Crippen molar-refractivity contribution in [2.45, 2.75) is 19.3 Å². The van der Waals surface area contributed by atoms with E-state index in [1.54, 1.807) is 6.92 Å². The maximum atomic E-state index is 13.4. The molecule has 0 spiro atoms. The molecule has 2 aromatic rings. The number of rotatable bonds is 4. The van der Waals surface area contributed by atoms with Gasteiger partial charge in [-0.05, 0) is 19.9 Å². The Morgan fingerprint density at radius 1 is 1.43 bits per heavy atom. The summed E-state index contributed by atoms with van der Waals surface area (Å²) < 4.78 is 24.7. The van der Waals surface area contributed by atoms with E-state index in [1.165, 1.54) is 6.20 Å². The van der Waals surface area contributed by atoms with Crippen LogP contribution in [0, 0.1) is 5.82 Å². The van der Waals surface area contributed by atoms with Crippen LogP contribution < -0.4 is 5.56 Å². The van der Waals surface area contributed by atoms with Crippen molar-refractivity contribution < 1.29 is 18.7 Å². The number of aromatic nitrogens is 3. The first-order chi connectivity index (χ1) is 10.9. The lowest BCUT2D eigenvalue weighted by atomic mass is 9.83. The van der Waals surface area contributed by atoms with Crippen LogP contribution in [0.1, 0.15) is 29.9 Å². The number of halogens is 1. The summed E-state index contributed by atoms with van der Waals surface area (Å²) >= 11 is 0. The van der Waals surface area contributed by atoms with Crippen LogP contribution in [-0.2, 0) is 14.9 Å². The maximum Gasteiger partial charge on any atom is 0.341 e. The Morgan fingerprint density at radius 3 is 2.78 bits per heavy atom. The lowest BCUT2D eigenvalue weighted by Crippen LogP contribution is -2.45. The standard InChI is InChI=1S/C15H16FN3O4/c1-3-23-14(21)11-7-19(17-13(11)15(2)8-22-9-15)18-6-10(16)4-5-12(18)20/h4-7H,3,8-9H2,1-2H3. The van der Waals surface area contributed by atoms with E-state index in [1.807, 2.05) is 6.92 Å². The van der Waals surface area contributed by atoms with E-state index < -0.39 is 22.8 Å². The largest absolute Gasteiger partial charge is 0.462 e. The lowest BCUT2D eigenvalue weighted by molar-refractivity contribution is -0.0528. The second-order valence-electron chi connectivity index (χ2n) is 5.62. The van der Waals surface area contributed by atoms with Crippen molar-refractivity contribution in [1.82, 2.24) is 14.6 Å². The molecule has 1 aliphatic rings. The van der Waals surface area contributed by atoms with Gasteiger partial charge in [0.15, 0.2) is 0 Å². The van der Waals surface area contributed by atoms with Gasteiger partial charge in [-0.1, -0.05) is 0 Å². The minimum absolute atomic E-state index is 0.219. The monoisotopic (exact) mass is 321 g/mol. The Hall–Kier alpha value is -2.48. The second kappa shape index (κ2) is 5.62. The quantitative estimate of drug-likeness (QED) is 0.784. The summed E-state index contributed by atoms with van der Waals surface area (Å²) in [7, 11) is 0. The summed E-state index contributed by atoms with van der Waals surface area (Å²) in [6, 6.07) is 2.16. The Labute approximate surface area is 131 Å². The first-order valence-corrected chi connectivity index (χ1v) is 7.18. The molecule has 0 saturated carbocycles. The van der Waals surface area contributed by atoms with Gasteiger partial charge in [0.05, 0.1) is 43.3 Å². The number of hydrogen-bond acceptors (Lipinski definition) is 5. The molecular formula is C15H16FN3O4. The van der Waals surface area contributed by atoms with Gasteiger partial charge >= 0.3 is 5.97 Å². The van der Waals surface area contributed by atoms with Crippen LogP contribution in [0.15, 0.2) is 29.3 Å². The third kappa shape index (κ3) is 2.65. The molecule has 7 nitrogen and oxygen atoms in total. The second-order valence-corrected chi connectivity index (χ2v) is 5.62. The number of ether oxygens (including phenoxy) is 2. The SMILES string of the molecule is CCOC(=O)c1cn(-n2cc(F)ccc2=O)nc1C1(C)COC1. The number of carbonyl (C=O) groups excluding carboxylic acids is 1. The minimum Gasteiger partial charge on any atom is -0.462 e. The van der Waals surface area contributed by atoms with E-state index in [0.717, 1.165) is 27.8 Å². The Kier molecular flexibility index (Phi) is 3.77. The zero-order valence-electron chi connectivity index (χ0n) is 12.8. The molecule has 0 unspecified atom stereocenters. The number of hydrogen-bond donors (Lipinski definition) is 0. The molecule has 3 heterocycles. The topological polar surface area (TPSA) is 75.4 Å². The molecule has 2 aromatic heterocycles. The number of esters is 1. The van der Waals surface area contributed by atoms with Gasteiger partial charge in [-0.15, -0.1) is 0 Å². The molecule has 8 heteroatoms. The third-order valence-electron chi connectivity index (χ3n) is 3.69. The average molecular weight is 321 g/mol. The predicted molar refractivity (Wildman–Crippen MR) is 77.8 cm³/mol. The number of pyridine rings is 1. The molecule has 0 aromatic carbocycles. The van der Waals surface area contributed by atoms with Crippen LogP contribution in [0.3, 0.4) is 0 Å². The molecule has 0 aliphatic carbocycles. The van der Waals surface area contributed by atoms with Crippen LogP contribution >= 0.6 is 0 Å². The van der Waals surface area contributed by atoms with Gasteiger partial charge in [0.1, 0.15) is 11.4 Å². The van der Waals surface area contributed by atoms with Crippen LogP contribution in [-0.4, -0.2) is 40.4 Å². The van der Waals surface area contributed by atoms with Crippen molar-refractivity contribution in [3.63, 3.8) is 0 Å². The normalized spacial score (nSPS) is 16.0. The van der Waals surface area contributed by atoms with E-state index in [-0.39, 0.29) is 12.2 Å². The Bertz CT molecular complexity index is 807. The maximum absolute atomic E-state index is 13.4. The van der Waals surface area contributed by atoms with Crippen LogP contribution in [0.2, 0.25) is 0 Å².